The first-order chi connectivity index (χ1) is 10.3. The molecule has 0 radical (unpaired) electrons. The third-order valence-corrected chi connectivity index (χ3v) is 7.77. The van der Waals surface area contributed by atoms with Crippen LogP contribution in [0.1, 0.15) is 37.2 Å². The molecule has 0 unspecified atom stereocenters. The standard InChI is InChI=1S/C14H20N2O4S2/c15-21(17,18)13-3-1-11(2-4-13)12-7-9-16(10-8-12)22(19,20)14-5-6-14/h1-4,12,14H,5-10H2,(H2,15,17,18). The van der Waals surface area contributed by atoms with Gasteiger partial charge in [-0.2, -0.15) is 0 Å². The molecule has 0 atom stereocenters. The third kappa shape index (κ3) is 3.19. The van der Waals surface area contributed by atoms with Crippen LogP contribution in [0.15, 0.2) is 29.2 Å². The van der Waals surface area contributed by atoms with Crippen molar-refractivity contribution in [3.8, 4) is 0 Å². The van der Waals surface area contributed by atoms with Crippen molar-refractivity contribution in [1.82, 2.24) is 4.31 Å². The summed E-state index contributed by atoms with van der Waals surface area (Å²) in [5.41, 5.74) is 1.04. The summed E-state index contributed by atoms with van der Waals surface area (Å²) in [6.07, 6.45) is 3.11. The van der Waals surface area contributed by atoms with Crippen molar-refractivity contribution in [2.75, 3.05) is 13.1 Å². The lowest BCUT2D eigenvalue weighted by Crippen LogP contribution is -2.39. The van der Waals surface area contributed by atoms with Gasteiger partial charge >= 0.3 is 0 Å². The van der Waals surface area contributed by atoms with Gasteiger partial charge in [0.15, 0.2) is 0 Å². The smallest absolute Gasteiger partial charge is 0.225 e. The molecule has 8 heteroatoms. The molecule has 0 amide bonds. The third-order valence-electron chi connectivity index (χ3n) is 4.44. The Labute approximate surface area is 131 Å². The Kier molecular flexibility index (Phi) is 4.05. The van der Waals surface area contributed by atoms with Gasteiger partial charge in [-0.05, 0) is 49.3 Å². The van der Waals surface area contributed by atoms with Crippen molar-refractivity contribution in [2.45, 2.75) is 41.7 Å². The Morgan fingerprint density at radius 1 is 0.909 bits per heavy atom. The SMILES string of the molecule is NS(=O)(=O)c1ccc(C2CCN(S(=O)(=O)C3CC3)CC2)cc1. The number of rotatable bonds is 4. The second-order valence-corrected chi connectivity index (χ2v) is 9.81. The molecule has 0 bridgehead atoms. The van der Waals surface area contributed by atoms with Crippen molar-refractivity contribution in [1.29, 1.82) is 0 Å². The molecule has 1 aromatic carbocycles. The number of piperidine rings is 1. The van der Waals surface area contributed by atoms with E-state index in [1.54, 1.807) is 16.4 Å². The summed E-state index contributed by atoms with van der Waals surface area (Å²) in [4.78, 5) is 0.102. The molecule has 1 heterocycles. The van der Waals surface area contributed by atoms with E-state index in [2.05, 4.69) is 0 Å². The van der Waals surface area contributed by atoms with Crippen LogP contribution >= 0.6 is 0 Å². The average molecular weight is 344 g/mol. The highest BCUT2D eigenvalue weighted by Crippen LogP contribution is 2.35. The van der Waals surface area contributed by atoms with Crippen LogP contribution < -0.4 is 5.14 Å². The van der Waals surface area contributed by atoms with Gasteiger partial charge in [0, 0.05) is 13.1 Å². The lowest BCUT2D eigenvalue weighted by molar-refractivity contribution is 0.319. The first-order valence-corrected chi connectivity index (χ1v) is 10.4. The average Bonchev–Trinajstić information content (AvgIpc) is 3.32. The summed E-state index contributed by atoms with van der Waals surface area (Å²) in [5, 5.41) is 4.93. The molecule has 122 valence electrons. The summed E-state index contributed by atoms with van der Waals surface area (Å²) in [6.45, 7) is 1.08. The van der Waals surface area contributed by atoms with Crippen LogP contribution in [0.4, 0.5) is 0 Å². The van der Waals surface area contributed by atoms with Crippen LogP contribution in [-0.2, 0) is 20.0 Å². The molecule has 6 nitrogen and oxygen atoms in total. The maximum absolute atomic E-state index is 12.2. The number of sulfonamides is 2. The maximum Gasteiger partial charge on any atom is 0.238 e. The van der Waals surface area contributed by atoms with E-state index in [9.17, 15) is 16.8 Å². The first-order valence-electron chi connectivity index (χ1n) is 7.40. The summed E-state index contributed by atoms with van der Waals surface area (Å²) in [6, 6.07) is 6.57. The van der Waals surface area contributed by atoms with Crippen molar-refractivity contribution in [2.24, 2.45) is 5.14 Å². The van der Waals surface area contributed by atoms with E-state index in [0.29, 0.717) is 13.1 Å². The number of nitrogens with zero attached hydrogens (tertiary/aromatic N) is 1. The van der Waals surface area contributed by atoms with Gasteiger partial charge in [0.2, 0.25) is 20.0 Å². The number of benzene rings is 1. The first kappa shape index (κ1) is 15.9. The second kappa shape index (κ2) is 5.59. The van der Waals surface area contributed by atoms with Crippen LogP contribution in [-0.4, -0.2) is 39.5 Å². The zero-order valence-electron chi connectivity index (χ0n) is 12.2. The predicted octanol–water partition coefficient (Wildman–Crippen LogP) is 1.01. The van der Waals surface area contributed by atoms with Gasteiger partial charge in [-0.3, -0.25) is 0 Å². The van der Waals surface area contributed by atoms with Crippen LogP contribution in [0, 0.1) is 0 Å². The van der Waals surface area contributed by atoms with Gasteiger partial charge in [-0.15, -0.1) is 0 Å². The van der Waals surface area contributed by atoms with Crippen molar-refractivity contribution < 1.29 is 16.8 Å². The molecule has 1 saturated heterocycles. The molecule has 0 spiro atoms. The fraction of sp³-hybridized carbons (Fsp3) is 0.571. The zero-order valence-corrected chi connectivity index (χ0v) is 13.8. The largest absolute Gasteiger partial charge is 0.238 e. The molecule has 3 rings (SSSR count). The molecule has 2 N–H and O–H groups in total. The summed E-state index contributed by atoms with van der Waals surface area (Å²) < 4.78 is 48.5. The van der Waals surface area contributed by atoms with Crippen LogP contribution in [0.25, 0.3) is 0 Å². The Morgan fingerprint density at radius 2 is 1.45 bits per heavy atom. The van der Waals surface area contributed by atoms with Gasteiger partial charge in [0.1, 0.15) is 0 Å². The topological polar surface area (TPSA) is 97.5 Å². The van der Waals surface area contributed by atoms with E-state index < -0.39 is 20.0 Å². The number of primary sulfonamides is 1. The van der Waals surface area contributed by atoms with Gasteiger partial charge in [0.25, 0.3) is 0 Å². The molecule has 22 heavy (non-hydrogen) atoms. The van der Waals surface area contributed by atoms with Crippen LogP contribution in [0.3, 0.4) is 0 Å². The van der Waals surface area contributed by atoms with Gasteiger partial charge < -0.3 is 0 Å². The highest BCUT2D eigenvalue weighted by atomic mass is 32.2. The van der Waals surface area contributed by atoms with Crippen LogP contribution in [0.5, 0.6) is 0 Å². The fourth-order valence-corrected chi connectivity index (χ4v) is 5.34. The molecule has 1 aliphatic carbocycles. The monoisotopic (exact) mass is 344 g/mol. The van der Waals surface area contributed by atoms with Crippen LogP contribution in [0.2, 0.25) is 0 Å². The van der Waals surface area contributed by atoms with E-state index in [1.807, 2.05) is 0 Å². The Morgan fingerprint density at radius 3 is 1.91 bits per heavy atom. The molecule has 1 saturated carbocycles. The molecule has 0 aromatic heterocycles. The van der Waals surface area contributed by atoms with Crippen molar-refractivity contribution >= 4 is 20.0 Å². The molecular formula is C14H20N2O4S2. The number of hydrogen-bond donors (Lipinski definition) is 1. The number of hydrogen-bond acceptors (Lipinski definition) is 4. The molecule has 2 aliphatic rings. The van der Waals surface area contributed by atoms with E-state index in [-0.39, 0.29) is 16.1 Å². The lowest BCUT2D eigenvalue weighted by Gasteiger charge is -2.31. The molecule has 2 fully saturated rings. The molecular weight excluding hydrogens is 324 g/mol. The van der Waals surface area contributed by atoms with Gasteiger partial charge in [-0.25, -0.2) is 26.3 Å². The van der Waals surface area contributed by atoms with E-state index in [0.717, 1.165) is 31.2 Å². The quantitative estimate of drug-likeness (QED) is 0.881. The lowest BCUT2D eigenvalue weighted by atomic mass is 9.90. The Hall–Kier alpha value is -0.960. The minimum absolute atomic E-state index is 0.102. The summed E-state index contributed by atoms with van der Waals surface area (Å²) >= 11 is 0. The number of nitrogens with two attached hydrogens (primary N) is 1. The summed E-state index contributed by atoms with van der Waals surface area (Å²) in [5.74, 6) is 0.264. The normalized spacial score (nSPS) is 21.9. The minimum atomic E-state index is -3.67. The molecule has 1 aliphatic heterocycles. The predicted molar refractivity (Wildman–Crippen MR) is 83.3 cm³/mol. The van der Waals surface area contributed by atoms with Gasteiger partial charge in [-0.1, -0.05) is 12.1 Å². The van der Waals surface area contributed by atoms with E-state index in [1.165, 1.54) is 12.1 Å². The minimum Gasteiger partial charge on any atom is -0.225 e. The highest BCUT2D eigenvalue weighted by Gasteiger charge is 2.41. The van der Waals surface area contributed by atoms with Crippen molar-refractivity contribution in [3.05, 3.63) is 29.8 Å². The van der Waals surface area contributed by atoms with E-state index in [4.69, 9.17) is 5.14 Å². The zero-order chi connectivity index (χ0) is 16.0. The van der Waals surface area contributed by atoms with Crippen molar-refractivity contribution in [3.63, 3.8) is 0 Å². The summed E-state index contributed by atoms with van der Waals surface area (Å²) in [7, 11) is -6.75. The Bertz CT molecular complexity index is 745. The highest BCUT2D eigenvalue weighted by molar-refractivity contribution is 7.90. The fourth-order valence-electron chi connectivity index (χ4n) is 2.95. The maximum atomic E-state index is 12.2. The van der Waals surface area contributed by atoms with E-state index >= 15 is 0 Å². The second-order valence-electron chi connectivity index (χ2n) is 6.03. The van der Waals surface area contributed by atoms with Gasteiger partial charge in [0.05, 0.1) is 10.1 Å². The molecule has 1 aromatic rings. The Balaban J connectivity index is 1.66.